The molecule has 4 atom stereocenters. The summed E-state index contributed by atoms with van der Waals surface area (Å²) in [6, 6.07) is 0. The molecule has 1 aliphatic carbocycles. The lowest BCUT2D eigenvalue weighted by Crippen LogP contribution is -2.32. The van der Waals surface area contributed by atoms with Crippen molar-refractivity contribution < 1.29 is 28.5 Å². The number of ether oxygens (including phenoxy) is 4. The van der Waals surface area contributed by atoms with Crippen LogP contribution in [0.25, 0.3) is 0 Å². The van der Waals surface area contributed by atoms with E-state index in [0.29, 0.717) is 13.0 Å². The van der Waals surface area contributed by atoms with Crippen molar-refractivity contribution in [3.05, 3.63) is 0 Å². The van der Waals surface area contributed by atoms with Crippen molar-refractivity contribution in [3.63, 3.8) is 0 Å². The molecule has 0 radical (unpaired) electrons. The van der Waals surface area contributed by atoms with Gasteiger partial charge in [-0.2, -0.15) is 0 Å². The lowest BCUT2D eigenvalue weighted by molar-refractivity contribution is -0.178. The third-order valence-corrected chi connectivity index (χ3v) is 3.58. The maximum atomic E-state index is 11.7. The summed E-state index contributed by atoms with van der Waals surface area (Å²) in [6.07, 6.45) is -0.0958. The first-order valence-corrected chi connectivity index (χ1v) is 7.01. The molecular weight excluding hydrogens is 264 g/mol. The second-order valence-electron chi connectivity index (χ2n) is 5.72. The van der Waals surface area contributed by atoms with Gasteiger partial charge in [-0.3, -0.25) is 9.59 Å². The molecule has 2 aliphatic rings. The van der Waals surface area contributed by atoms with Crippen LogP contribution < -0.4 is 0 Å². The third kappa shape index (κ3) is 3.30. The van der Waals surface area contributed by atoms with Crippen molar-refractivity contribution in [3.8, 4) is 0 Å². The second kappa shape index (κ2) is 5.69. The minimum absolute atomic E-state index is 0.0508. The maximum Gasteiger partial charge on any atom is 0.306 e. The molecule has 6 heteroatoms. The predicted octanol–water partition coefficient (Wildman–Crippen LogP) is 1.41. The number of carbonyl (C=O) groups excluding carboxylic acids is 2. The first kappa shape index (κ1) is 15.3. The molecule has 0 spiro atoms. The van der Waals surface area contributed by atoms with Crippen LogP contribution in [-0.4, -0.2) is 42.6 Å². The maximum absolute atomic E-state index is 11.7. The molecule has 0 unspecified atom stereocenters. The van der Waals surface area contributed by atoms with Gasteiger partial charge in [0.2, 0.25) is 0 Å². The molecule has 114 valence electrons. The minimum atomic E-state index is -0.721. The van der Waals surface area contributed by atoms with Crippen LogP contribution in [0.4, 0.5) is 0 Å². The second-order valence-corrected chi connectivity index (χ2v) is 5.72. The highest BCUT2D eigenvalue weighted by molar-refractivity contribution is 5.70. The topological polar surface area (TPSA) is 71.1 Å². The van der Waals surface area contributed by atoms with Crippen molar-refractivity contribution in [2.45, 2.75) is 64.6 Å². The SMILES string of the molecule is CCOC(=O)C[C@@H]1C[C@@H](OC(C)=O)[C@H]2OC(C)(C)O[C@@H]12. The van der Waals surface area contributed by atoms with Crippen LogP contribution >= 0.6 is 0 Å². The summed E-state index contributed by atoms with van der Waals surface area (Å²) in [6.45, 7) is 7.13. The normalized spacial score (nSPS) is 34.6. The number of rotatable bonds is 4. The van der Waals surface area contributed by atoms with E-state index in [1.54, 1.807) is 6.92 Å². The van der Waals surface area contributed by atoms with Crippen molar-refractivity contribution in [2.24, 2.45) is 5.92 Å². The van der Waals surface area contributed by atoms with Crippen LogP contribution in [0, 0.1) is 5.92 Å². The van der Waals surface area contributed by atoms with E-state index >= 15 is 0 Å². The summed E-state index contributed by atoms with van der Waals surface area (Å²) < 4.78 is 21.9. The van der Waals surface area contributed by atoms with E-state index in [1.165, 1.54) is 6.92 Å². The van der Waals surface area contributed by atoms with E-state index in [1.807, 2.05) is 13.8 Å². The van der Waals surface area contributed by atoms with Crippen LogP contribution in [0.1, 0.15) is 40.5 Å². The van der Waals surface area contributed by atoms with Gasteiger partial charge in [-0.25, -0.2) is 0 Å². The molecule has 2 fully saturated rings. The number of fused-ring (bicyclic) bond motifs is 1. The zero-order valence-corrected chi connectivity index (χ0v) is 12.4. The van der Waals surface area contributed by atoms with Gasteiger partial charge in [0.1, 0.15) is 12.2 Å². The Morgan fingerprint density at radius 1 is 1.25 bits per heavy atom. The summed E-state index contributed by atoms with van der Waals surface area (Å²) >= 11 is 0. The standard InChI is InChI=1S/C14H22O6/c1-5-17-11(16)7-9-6-10(18-8(2)15)13-12(9)19-14(3,4)20-13/h9-10,12-13H,5-7H2,1-4H3/t9-,10+,12-,13+/m0/s1. The molecule has 0 N–H and O–H groups in total. The Hall–Kier alpha value is -1.14. The summed E-state index contributed by atoms with van der Waals surface area (Å²) in [7, 11) is 0. The predicted molar refractivity (Wildman–Crippen MR) is 68.7 cm³/mol. The number of hydrogen-bond acceptors (Lipinski definition) is 6. The molecule has 0 aromatic rings. The molecule has 6 nitrogen and oxygen atoms in total. The van der Waals surface area contributed by atoms with Gasteiger partial charge in [-0.05, 0) is 27.2 Å². The average Bonchev–Trinajstić information content (AvgIpc) is 2.75. The van der Waals surface area contributed by atoms with E-state index in [0.717, 1.165) is 0 Å². The summed E-state index contributed by atoms with van der Waals surface area (Å²) in [4.78, 5) is 22.8. The van der Waals surface area contributed by atoms with E-state index in [4.69, 9.17) is 18.9 Å². The molecule has 20 heavy (non-hydrogen) atoms. The lowest BCUT2D eigenvalue weighted by Gasteiger charge is -2.23. The smallest absolute Gasteiger partial charge is 0.306 e. The Morgan fingerprint density at radius 2 is 1.90 bits per heavy atom. The fourth-order valence-corrected chi connectivity index (χ4v) is 3.00. The van der Waals surface area contributed by atoms with Crippen LogP contribution in [0.3, 0.4) is 0 Å². The molecule has 1 aliphatic heterocycles. The van der Waals surface area contributed by atoms with Crippen LogP contribution in [-0.2, 0) is 28.5 Å². The Kier molecular flexibility index (Phi) is 4.34. The zero-order chi connectivity index (χ0) is 14.9. The van der Waals surface area contributed by atoms with Crippen LogP contribution in [0.2, 0.25) is 0 Å². The fourth-order valence-electron chi connectivity index (χ4n) is 3.00. The first-order valence-electron chi connectivity index (χ1n) is 7.01. The molecule has 1 heterocycles. The van der Waals surface area contributed by atoms with Crippen molar-refractivity contribution in [1.82, 2.24) is 0 Å². The highest BCUT2D eigenvalue weighted by Gasteiger charge is 2.55. The molecular formula is C14H22O6. The van der Waals surface area contributed by atoms with Crippen molar-refractivity contribution in [1.29, 1.82) is 0 Å². The average molecular weight is 286 g/mol. The highest BCUT2D eigenvalue weighted by atomic mass is 16.8. The van der Waals surface area contributed by atoms with Gasteiger partial charge in [0.05, 0.1) is 19.1 Å². The van der Waals surface area contributed by atoms with E-state index in [9.17, 15) is 9.59 Å². The van der Waals surface area contributed by atoms with Gasteiger partial charge in [0.25, 0.3) is 0 Å². The van der Waals surface area contributed by atoms with E-state index in [-0.39, 0.29) is 42.6 Å². The molecule has 2 rings (SSSR count). The number of esters is 2. The Morgan fingerprint density at radius 3 is 2.50 bits per heavy atom. The monoisotopic (exact) mass is 286 g/mol. The van der Waals surface area contributed by atoms with Crippen LogP contribution in [0.5, 0.6) is 0 Å². The minimum Gasteiger partial charge on any atom is -0.466 e. The Balaban J connectivity index is 2.06. The molecule has 0 aromatic carbocycles. The Labute approximate surface area is 118 Å². The largest absolute Gasteiger partial charge is 0.466 e. The first-order chi connectivity index (χ1) is 9.32. The summed E-state index contributed by atoms with van der Waals surface area (Å²) in [5.41, 5.74) is 0. The van der Waals surface area contributed by atoms with Crippen molar-refractivity contribution >= 4 is 11.9 Å². The summed E-state index contributed by atoms with van der Waals surface area (Å²) in [5.74, 6) is -1.38. The van der Waals surface area contributed by atoms with E-state index < -0.39 is 5.79 Å². The van der Waals surface area contributed by atoms with Crippen molar-refractivity contribution in [2.75, 3.05) is 6.61 Å². The van der Waals surface area contributed by atoms with Gasteiger partial charge in [0.15, 0.2) is 5.79 Å². The quantitative estimate of drug-likeness (QED) is 0.728. The number of hydrogen-bond donors (Lipinski definition) is 0. The van der Waals surface area contributed by atoms with Gasteiger partial charge >= 0.3 is 11.9 Å². The lowest BCUT2D eigenvalue weighted by atomic mass is 10.0. The zero-order valence-electron chi connectivity index (χ0n) is 12.4. The van der Waals surface area contributed by atoms with Gasteiger partial charge < -0.3 is 18.9 Å². The van der Waals surface area contributed by atoms with Crippen LogP contribution in [0.15, 0.2) is 0 Å². The molecule has 0 bridgehead atoms. The summed E-state index contributed by atoms with van der Waals surface area (Å²) in [5, 5.41) is 0. The molecule has 0 aromatic heterocycles. The van der Waals surface area contributed by atoms with Gasteiger partial charge in [0, 0.05) is 12.8 Å². The van der Waals surface area contributed by atoms with E-state index in [2.05, 4.69) is 0 Å². The molecule has 1 saturated carbocycles. The molecule has 0 amide bonds. The number of carbonyl (C=O) groups is 2. The highest BCUT2D eigenvalue weighted by Crippen LogP contribution is 2.44. The van der Waals surface area contributed by atoms with Gasteiger partial charge in [-0.15, -0.1) is 0 Å². The fraction of sp³-hybridized carbons (Fsp3) is 0.857. The van der Waals surface area contributed by atoms with Gasteiger partial charge in [-0.1, -0.05) is 0 Å². The third-order valence-electron chi connectivity index (χ3n) is 3.58. The Bertz CT molecular complexity index is 391. The molecule has 1 saturated heterocycles.